The molecule has 0 radical (unpaired) electrons. The third-order valence-electron chi connectivity index (χ3n) is 4.62. The van der Waals surface area contributed by atoms with Crippen LogP contribution >= 0.6 is 0 Å². The highest BCUT2D eigenvalue weighted by Gasteiger charge is 2.31. The second-order valence-corrected chi connectivity index (χ2v) is 6.70. The summed E-state index contributed by atoms with van der Waals surface area (Å²) in [5.41, 5.74) is 1.59. The Balaban J connectivity index is 1.96. The molecule has 1 fully saturated rings. The molecule has 0 bridgehead atoms. The fourth-order valence-corrected chi connectivity index (χ4v) is 3.24. The summed E-state index contributed by atoms with van der Waals surface area (Å²) in [6.45, 7) is 2.54. The summed E-state index contributed by atoms with van der Waals surface area (Å²) in [6.07, 6.45) is 8.25. The average molecular weight is 398 g/mol. The molecule has 8 nitrogen and oxygen atoms in total. The molecule has 0 aliphatic carbocycles. The van der Waals surface area contributed by atoms with Crippen molar-refractivity contribution >= 4 is 29.7 Å². The van der Waals surface area contributed by atoms with Crippen LogP contribution in [0.2, 0.25) is 0 Å². The summed E-state index contributed by atoms with van der Waals surface area (Å²) in [4.78, 5) is 38.5. The van der Waals surface area contributed by atoms with Crippen LogP contribution in [0.3, 0.4) is 0 Å². The average Bonchev–Trinajstić information content (AvgIpc) is 2.70. The summed E-state index contributed by atoms with van der Waals surface area (Å²) < 4.78 is 4.85. The zero-order valence-corrected chi connectivity index (χ0v) is 16.5. The van der Waals surface area contributed by atoms with Gasteiger partial charge >= 0.3 is 5.97 Å². The molecule has 1 saturated heterocycles. The van der Waals surface area contributed by atoms with Crippen molar-refractivity contribution in [2.75, 3.05) is 18.1 Å². The molecule has 8 heteroatoms. The van der Waals surface area contributed by atoms with Gasteiger partial charge in [0.25, 0.3) is 0 Å². The van der Waals surface area contributed by atoms with Gasteiger partial charge in [0.1, 0.15) is 6.04 Å². The Labute approximate surface area is 170 Å². The lowest BCUT2D eigenvalue weighted by molar-refractivity contribution is -0.143. The van der Waals surface area contributed by atoms with Crippen LogP contribution in [0.25, 0.3) is 0 Å². The number of nitrogens with zero attached hydrogens (tertiary/aromatic N) is 2. The van der Waals surface area contributed by atoms with Crippen molar-refractivity contribution in [2.24, 2.45) is 16.9 Å². The number of rotatable bonds is 8. The molecule has 0 aromatic heterocycles. The Hall–Kier alpha value is -3.34. The number of nitrogens with one attached hydrogen (secondary N) is 1. The molecule has 1 aliphatic rings. The number of hydrazone groups is 1. The number of hydrogen-bond acceptors (Lipinski definition) is 6. The van der Waals surface area contributed by atoms with Crippen LogP contribution in [0.5, 0.6) is 0 Å². The highest BCUT2D eigenvalue weighted by molar-refractivity contribution is 5.98. The first-order valence-corrected chi connectivity index (χ1v) is 9.54. The number of amides is 2. The van der Waals surface area contributed by atoms with E-state index >= 15 is 0 Å². The lowest BCUT2D eigenvalue weighted by Crippen LogP contribution is -2.44. The zero-order valence-electron chi connectivity index (χ0n) is 16.5. The summed E-state index contributed by atoms with van der Waals surface area (Å²) in [6, 6.07) is 6.54. The number of terminal acetylenes is 1. The maximum Gasteiger partial charge on any atom is 0.308 e. The van der Waals surface area contributed by atoms with E-state index in [1.807, 2.05) is 24.3 Å². The predicted molar refractivity (Wildman–Crippen MR) is 110 cm³/mol. The Morgan fingerprint density at radius 2 is 2.17 bits per heavy atom. The molecule has 154 valence electrons. The van der Waals surface area contributed by atoms with Crippen LogP contribution in [0, 0.1) is 18.3 Å². The lowest BCUT2D eigenvalue weighted by atomic mass is 9.92. The van der Waals surface area contributed by atoms with Gasteiger partial charge < -0.3 is 20.8 Å². The largest absolute Gasteiger partial charge is 0.466 e. The number of ether oxygens (including phenoxy) is 1. The molecular formula is C21H26N4O4. The van der Waals surface area contributed by atoms with Crippen LogP contribution < -0.4 is 16.1 Å². The number of benzene rings is 1. The third kappa shape index (κ3) is 6.35. The summed E-state index contributed by atoms with van der Waals surface area (Å²) in [5.74, 6) is 6.15. The molecule has 2 atom stereocenters. The Morgan fingerprint density at radius 1 is 1.45 bits per heavy atom. The number of nitrogens with two attached hydrogens (primary N) is 1. The monoisotopic (exact) mass is 398 g/mol. The molecule has 0 saturated carbocycles. The van der Waals surface area contributed by atoms with Crippen LogP contribution in [0.1, 0.15) is 38.2 Å². The smallest absolute Gasteiger partial charge is 0.308 e. The van der Waals surface area contributed by atoms with Gasteiger partial charge in [0.15, 0.2) is 0 Å². The predicted octanol–water partition coefficient (Wildman–Crippen LogP) is 1.18. The Morgan fingerprint density at radius 3 is 2.79 bits per heavy atom. The molecule has 1 aromatic carbocycles. The van der Waals surface area contributed by atoms with Gasteiger partial charge in [-0.2, -0.15) is 5.10 Å². The molecule has 2 rings (SSSR count). The molecule has 29 heavy (non-hydrogen) atoms. The van der Waals surface area contributed by atoms with Crippen LogP contribution in [0.4, 0.5) is 5.69 Å². The van der Waals surface area contributed by atoms with Crippen molar-refractivity contribution in [3.63, 3.8) is 0 Å². The van der Waals surface area contributed by atoms with Gasteiger partial charge in [-0.3, -0.25) is 14.4 Å². The maximum absolute atomic E-state index is 12.9. The van der Waals surface area contributed by atoms with Crippen molar-refractivity contribution in [3.05, 3.63) is 29.8 Å². The van der Waals surface area contributed by atoms with E-state index in [1.165, 1.54) is 6.21 Å². The van der Waals surface area contributed by atoms with Gasteiger partial charge in [0.05, 0.1) is 19.2 Å². The van der Waals surface area contributed by atoms with Crippen molar-refractivity contribution in [1.29, 1.82) is 0 Å². The number of carbonyl (C=O) groups excluding carboxylic acids is 3. The number of anilines is 1. The third-order valence-corrected chi connectivity index (χ3v) is 4.62. The van der Waals surface area contributed by atoms with E-state index < -0.39 is 17.9 Å². The SMILES string of the molecule is C#C[C@H](CC(=O)OCC)NC(=O)CC1CCCN(c2ccc(C=NN)cc2)C1=O. The first-order valence-electron chi connectivity index (χ1n) is 9.54. The molecule has 2 amide bonds. The van der Waals surface area contributed by atoms with Crippen molar-refractivity contribution < 1.29 is 19.1 Å². The number of hydrogen-bond donors (Lipinski definition) is 2. The molecular weight excluding hydrogens is 372 g/mol. The highest BCUT2D eigenvalue weighted by atomic mass is 16.5. The van der Waals surface area contributed by atoms with E-state index in [2.05, 4.69) is 16.3 Å². The summed E-state index contributed by atoms with van der Waals surface area (Å²) in [7, 11) is 0. The van der Waals surface area contributed by atoms with Gasteiger partial charge in [-0.1, -0.05) is 18.1 Å². The van der Waals surface area contributed by atoms with Crippen LogP contribution in [-0.2, 0) is 19.1 Å². The molecule has 3 N–H and O–H groups in total. The Kier molecular flexibility index (Phi) is 8.22. The maximum atomic E-state index is 12.9. The summed E-state index contributed by atoms with van der Waals surface area (Å²) in [5, 5.41) is 6.10. The van der Waals surface area contributed by atoms with E-state index in [0.717, 1.165) is 17.7 Å². The number of esters is 1. The molecule has 1 aromatic rings. The fraction of sp³-hybridized carbons (Fsp3) is 0.429. The first-order chi connectivity index (χ1) is 14.0. The van der Waals surface area contributed by atoms with Gasteiger partial charge in [-0.05, 0) is 37.5 Å². The van der Waals surface area contributed by atoms with E-state index in [0.29, 0.717) is 13.0 Å². The van der Waals surface area contributed by atoms with E-state index in [1.54, 1.807) is 11.8 Å². The fourth-order valence-electron chi connectivity index (χ4n) is 3.24. The van der Waals surface area contributed by atoms with E-state index in [-0.39, 0.29) is 31.3 Å². The zero-order chi connectivity index (χ0) is 21.2. The molecule has 0 spiro atoms. The first kappa shape index (κ1) is 22.0. The standard InChI is InChI=1S/C21H26N4O4/c1-3-17(13-20(27)29-4-2)24-19(26)12-16-6-5-11-25(21(16)28)18-9-7-15(8-10-18)14-23-22/h1,7-10,14,16-17H,4-6,11-13,22H2,2H3,(H,24,26)/t16?,17-/m1/s1. The van der Waals surface area contributed by atoms with E-state index in [9.17, 15) is 14.4 Å². The quantitative estimate of drug-likeness (QED) is 0.224. The molecule has 1 heterocycles. The van der Waals surface area contributed by atoms with Crippen molar-refractivity contribution in [3.8, 4) is 12.3 Å². The summed E-state index contributed by atoms with van der Waals surface area (Å²) >= 11 is 0. The van der Waals surface area contributed by atoms with E-state index in [4.69, 9.17) is 17.0 Å². The molecule has 1 aliphatic heterocycles. The Bertz CT molecular complexity index is 798. The van der Waals surface area contributed by atoms with Gasteiger partial charge in [0.2, 0.25) is 11.8 Å². The van der Waals surface area contributed by atoms with Gasteiger partial charge in [-0.25, -0.2) is 0 Å². The lowest BCUT2D eigenvalue weighted by Gasteiger charge is -2.32. The minimum atomic E-state index is -0.756. The number of carbonyl (C=O) groups is 3. The van der Waals surface area contributed by atoms with Crippen LogP contribution in [0.15, 0.2) is 29.4 Å². The van der Waals surface area contributed by atoms with Gasteiger partial charge in [-0.15, -0.1) is 6.42 Å². The highest BCUT2D eigenvalue weighted by Crippen LogP contribution is 2.26. The second-order valence-electron chi connectivity index (χ2n) is 6.70. The number of piperidine rings is 1. The van der Waals surface area contributed by atoms with Crippen LogP contribution in [-0.4, -0.2) is 43.2 Å². The normalized spacial score (nSPS) is 17.6. The van der Waals surface area contributed by atoms with Gasteiger partial charge in [0, 0.05) is 24.6 Å². The second kappa shape index (κ2) is 10.9. The van der Waals surface area contributed by atoms with Crippen molar-refractivity contribution in [1.82, 2.24) is 5.32 Å². The molecule has 1 unspecified atom stereocenters. The minimum Gasteiger partial charge on any atom is -0.466 e. The topological polar surface area (TPSA) is 114 Å². The van der Waals surface area contributed by atoms with Crippen molar-refractivity contribution in [2.45, 2.75) is 38.6 Å². The minimum absolute atomic E-state index is 0.0221.